The van der Waals surface area contributed by atoms with Gasteiger partial charge in [0.2, 0.25) is 0 Å². The van der Waals surface area contributed by atoms with E-state index in [0.717, 1.165) is 13.0 Å². The van der Waals surface area contributed by atoms with Crippen molar-refractivity contribution in [1.29, 1.82) is 0 Å². The maximum absolute atomic E-state index is 11.2. The highest BCUT2D eigenvalue weighted by molar-refractivity contribution is 5.77. The molecule has 144 valence electrons. The lowest BCUT2D eigenvalue weighted by atomic mass is 10.0. The third kappa shape index (κ3) is 11.9. The molecule has 0 amide bonds. The van der Waals surface area contributed by atoms with Crippen molar-refractivity contribution in [2.45, 2.75) is 116 Å². The minimum absolute atomic E-state index is 0.740. The number of carboxylic acid groups (broad SMARTS) is 1. The summed E-state index contributed by atoms with van der Waals surface area (Å²) in [4.78, 5) is 13.1. The number of hydrogen-bond acceptors (Lipinski definition) is 2. The summed E-state index contributed by atoms with van der Waals surface area (Å²) in [6.45, 7) is 6.70. The average Bonchev–Trinajstić information content (AvgIpc) is 2.54. The first-order valence-corrected chi connectivity index (χ1v) is 10.4. The molecule has 0 aliphatic rings. The Morgan fingerprint density at radius 2 is 1.08 bits per heavy atom. The molecule has 3 nitrogen and oxygen atoms in total. The predicted octanol–water partition coefficient (Wildman–Crippen LogP) is 6.26. The third-order valence-electron chi connectivity index (χ3n) is 5.32. The van der Waals surface area contributed by atoms with E-state index < -0.39 is 11.5 Å². The number of unbranched alkanes of at least 4 members (excludes halogenated alkanes) is 13. The molecule has 24 heavy (non-hydrogen) atoms. The van der Waals surface area contributed by atoms with E-state index in [0.29, 0.717) is 0 Å². The minimum Gasteiger partial charge on any atom is -0.480 e. The van der Waals surface area contributed by atoms with Gasteiger partial charge in [-0.3, -0.25) is 9.69 Å². The molecule has 0 aromatic carbocycles. The van der Waals surface area contributed by atoms with Crippen LogP contribution in [-0.4, -0.2) is 35.1 Å². The van der Waals surface area contributed by atoms with Crippen molar-refractivity contribution >= 4 is 5.97 Å². The van der Waals surface area contributed by atoms with Gasteiger partial charge in [-0.05, 0) is 33.9 Å². The predicted molar refractivity (Wildman–Crippen MR) is 105 cm³/mol. The molecular weight excluding hydrogens is 298 g/mol. The van der Waals surface area contributed by atoms with Gasteiger partial charge in [0.25, 0.3) is 0 Å². The van der Waals surface area contributed by atoms with Crippen LogP contribution in [0, 0.1) is 0 Å². The van der Waals surface area contributed by atoms with Crippen LogP contribution in [0.25, 0.3) is 0 Å². The van der Waals surface area contributed by atoms with Gasteiger partial charge in [0.1, 0.15) is 5.54 Å². The smallest absolute Gasteiger partial charge is 0.323 e. The molecule has 0 aliphatic heterocycles. The molecule has 0 aliphatic carbocycles. The van der Waals surface area contributed by atoms with E-state index in [1.807, 2.05) is 11.9 Å². The van der Waals surface area contributed by atoms with Crippen LogP contribution in [-0.2, 0) is 4.79 Å². The van der Waals surface area contributed by atoms with Crippen molar-refractivity contribution in [3.8, 4) is 0 Å². The van der Waals surface area contributed by atoms with E-state index in [-0.39, 0.29) is 0 Å². The van der Waals surface area contributed by atoms with Crippen molar-refractivity contribution in [2.24, 2.45) is 0 Å². The van der Waals surface area contributed by atoms with E-state index in [1.165, 1.54) is 83.5 Å². The van der Waals surface area contributed by atoms with Gasteiger partial charge >= 0.3 is 5.97 Å². The number of aliphatic carboxylic acids is 1. The van der Waals surface area contributed by atoms with Crippen LogP contribution >= 0.6 is 0 Å². The van der Waals surface area contributed by atoms with Crippen LogP contribution in [0.4, 0.5) is 0 Å². The molecule has 1 N–H and O–H groups in total. The van der Waals surface area contributed by atoms with Gasteiger partial charge < -0.3 is 5.11 Å². The first kappa shape index (κ1) is 23.4. The third-order valence-corrected chi connectivity index (χ3v) is 5.32. The largest absolute Gasteiger partial charge is 0.480 e. The van der Waals surface area contributed by atoms with Gasteiger partial charge in [0.05, 0.1) is 0 Å². The monoisotopic (exact) mass is 341 g/mol. The lowest BCUT2D eigenvalue weighted by Crippen LogP contribution is -2.48. The number of nitrogens with zero attached hydrogens (tertiary/aromatic N) is 1. The Morgan fingerprint density at radius 3 is 1.42 bits per heavy atom. The van der Waals surface area contributed by atoms with Gasteiger partial charge in [0.15, 0.2) is 0 Å². The Hall–Kier alpha value is -0.570. The SMILES string of the molecule is CCCCCCCCCCCCCCCCN(C)C(C)(C)C(=O)O. The fraction of sp³-hybridized carbons (Fsp3) is 0.952. The number of rotatable bonds is 17. The molecule has 0 aromatic rings. The molecule has 0 bridgehead atoms. The van der Waals surface area contributed by atoms with Crippen molar-refractivity contribution in [2.75, 3.05) is 13.6 Å². The lowest BCUT2D eigenvalue weighted by molar-refractivity contribution is -0.148. The van der Waals surface area contributed by atoms with E-state index in [2.05, 4.69) is 6.92 Å². The maximum Gasteiger partial charge on any atom is 0.323 e. The van der Waals surface area contributed by atoms with Gasteiger partial charge in [0, 0.05) is 0 Å². The lowest BCUT2D eigenvalue weighted by Gasteiger charge is -2.31. The zero-order chi connectivity index (χ0) is 18.3. The highest BCUT2D eigenvalue weighted by atomic mass is 16.4. The van der Waals surface area contributed by atoms with Crippen molar-refractivity contribution in [1.82, 2.24) is 4.90 Å². The first-order chi connectivity index (χ1) is 11.4. The molecular formula is C21H43NO2. The molecule has 0 spiro atoms. The summed E-state index contributed by atoms with van der Waals surface area (Å²) in [6, 6.07) is 0. The zero-order valence-corrected chi connectivity index (χ0v) is 16.9. The summed E-state index contributed by atoms with van der Waals surface area (Å²) < 4.78 is 0. The molecule has 0 saturated carbocycles. The van der Waals surface area contributed by atoms with Crippen LogP contribution in [0.15, 0.2) is 0 Å². The van der Waals surface area contributed by atoms with Crippen molar-refractivity contribution < 1.29 is 9.90 Å². The van der Waals surface area contributed by atoms with Gasteiger partial charge in [-0.1, -0.05) is 90.4 Å². The quantitative estimate of drug-likeness (QED) is 0.317. The summed E-state index contributed by atoms with van der Waals surface area (Å²) in [5.41, 5.74) is -0.753. The number of carboxylic acids is 1. The second kappa shape index (κ2) is 14.7. The summed E-state index contributed by atoms with van der Waals surface area (Å²) in [6.07, 6.45) is 19.0. The van der Waals surface area contributed by atoms with Crippen molar-refractivity contribution in [3.05, 3.63) is 0 Å². The Bertz CT molecular complexity index is 302. The van der Waals surface area contributed by atoms with Crippen LogP contribution in [0.2, 0.25) is 0 Å². The molecule has 0 unspecified atom stereocenters. The van der Waals surface area contributed by atoms with E-state index in [9.17, 15) is 9.90 Å². The summed E-state index contributed by atoms with van der Waals surface area (Å²) in [5.74, 6) is -0.740. The summed E-state index contributed by atoms with van der Waals surface area (Å²) in [5, 5.41) is 9.19. The van der Waals surface area contributed by atoms with Crippen LogP contribution in [0.3, 0.4) is 0 Å². The molecule has 0 radical (unpaired) electrons. The van der Waals surface area contributed by atoms with E-state index >= 15 is 0 Å². The van der Waals surface area contributed by atoms with Gasteiger partial charge in [-0.15, -0.1) is 0 Å². The number of likely N-dealkylation sites (N-methyl/N-ethyl adjacent to an activating group) is 1. The molecule has 0 fully saturated rings. The van der Waals surface area contributed by atoms with E-state index in [1.54, 1.807) is 13.8 Å². The molecule has 0 saturated heterocycles. The van der Waals surface area contributed by atoms with E-state index in [4.69, 9.17) is 0 Å². The molecule has 0 aromatic heterocycles. The van der Waals surface area contributed by atoms with Crippen LogP contribution in [0.1, 0.15) is 111 Å². The fourth-order valence-corrected chi connectivity index (χ4v) is 2.99. The minimum atomic E-state index is -0.753. The highest BCUT2D eigenvalue weighted by Crippen LogP contribution is 2.15. The second-order valence-electron chi connectivity index (χ2n) is 7.88. The van der Waals surface area contributed by atoms with Crippen LogP contribution < -0.4 is 0 Å². The van der Waals surface area contributed by atoms with Gasteiger partial charge in [-0.2, -0.15) is 0 Å². The second-order valence-corrected chi connectivity index (χ2v) is 7.88. The average molecular weight is 342 g/mol. The molecule has 3 heteroatoms. The highest BCUT2D eigenvalue weighted by Gasteiger charge is 2.31. The Morgan fingerprint density at radius 1 is 0.750 bits per heavy atom. The normalized spacial score (nSPS) is 12.0. The zero-order valence-electron chi connectivity index (χ0n) is 16.9. The molecule has 0 rings (SSSR count). The fourth-order valence-electron chi connectivity index (χ4n) is 2.99. The molecule has 0 heterocycles. The van der Waals surface area contributed by atoms with Crippen LogP contribution in [0.5, 0.6) is 0 Å². The Balaban J connectivity index is 3.30. The van der Waals surface area contributed by atoms with Gasteiger partial charge in [-0.25, -0.2) is 0 Å². The standard InChI is InChI=1S/C21H43NO2/c1-5-6-7-8-9-10-11-12-13-14-15-16-17-18-19-22(4)21(2,3)20(23)24/h5-19H2,1-4H3,(H,23,24). The summed E-state index contributed by atoms with van der Waals surface area (Å²) >= 11 is 0. The molecule has 0 atom stereocenters. The first-order valence-electron chi connectivity index (χ1n) is 10.4. The Kier molecular flexibility index (Phi) is 14.4. The topological polar surface area (TPSA) is 40.5 Å². The summed E-state index contributed by atoms with van der Waals surface area (Å²) in [7, 11) is 1.91. The number of carbonyl (C=O) groups is 1. The van der Waals surface area contributed by atoms with Crippen molar-refractivity contribution in [3.63, 3.8) is 0 Å². The number of hydrogen-bond donors (Lipinski definition) is 1. The maximum atomic E-state index is 11.2. The Labute approximate surface area is 151 Å².